The number of aromatic nitrogens is 3. The van der Waals surface area contributed by atoms with Crippen LogP contribution in [-0.2, 0) is 11.3 Å². The number of hydrogen-bond acceptors (Lipinski definition) is 4. The van der Waals surface area contributed by atoms with Crippen LogP contribution in [0.3, 0.4) is 0 Å². The average molecular weight is 395 g/mol. The second kappa shape index (κ2) is 9.06. The second-order valence-electron chi connectivity index (χ2n) is 6.98. The van der Waals surface area contributed by atoms with E-state index in [2.05, 4.69) is 65.1 Å². The third kappa shape index (κ3) is 4.62. The van der Waals surface area contributed by atoms with E-state index in [0.717, 1.165) is 34.3 Å². The largest absolute Gasteiger partial charge is 0.325 e. The molecular formula is C22H26N4OS. The molecule has 0 unspecified atom stereocenters. The van der Waals surface area contributed by atoms with Gasteiger partial charge in [0.25, 0.3) is 0 Å². The minimum Gasteiger partial charge on any atom is -0.325 e. The Morgan fingerprint density at radius 1 is 1.11 bits per heavy atom. The lowest BCUT2D eigenvalue weighted by Crippen LogP contribution is -2.15. The van der Waals surface area contributed by atoms with Gasteiger partial charge in [-0.25, -0.2) is 0 Å². The molecule has 1 heterocycles. The van der Waals surface area contributed by atoms with E-state index in [4.69, 9.17) is 0 Å². The molecule has 146 valence electrons. The molecule has 0 saturated heterocycles. The molecule has 1 aromatic heterocycles. The fraction of sp³-hybridized carbons (Fsp3) is 0.318. The normalized spacial score (nSPS) is 11.0. The molecule has 0 fully saturated rings. The Balaban J connectivity index is 1.70. The van der Waals surface area contributed by atoms with Crippen LogP contribution in [0.4, 0.5) is 5.69 Å². The summed E-state index contributed by atoms with van der Waals surface area (Å²) >= 11 is 1.41. The van der Waals surface area contributed by atoms with Gasteiger partial charge in [0.1, 0.15) is 0 Å². The van der Waals surface area contributed by atoms with Gasteiger partial charge in [0.15, 0.2) is 11.0 Å². The van der Waals surface area contributed by atoms with Crippen LogP contribution in [0.1, 0.15) is 37.8 Å². The number of nitrogens with zero attached hydrogens (tertiary/aromatic N) is 3. The van der Waals surface area contributed by atoms with Crippen molar-refractivity contribution >= 4 is 23.4 Å². The highest BCUT2D eigenvalue weighted by Gasteiger charge is 2.15. The van der Waals surface area contributed by atoms with Gasteiger partial charge in [-0.2, -0.15) is 0 Å². The lowest BCUT2D eigenvalue weighted by atomic mass is 10.0. The molecule has 0 aliphatic carbocycles. The van der Waals surface area contributed by atoms with Crippen molar-refractivity contribution in [3.8, 4) is 11.4 Å². The zero-order chi connectivity index (χ0) is 20.1. The van der Waals surface area contributed by atoms with E-state index in [9.17, 15) is 4.79 Å². The minimum absolute atomic E-state index is 0.0483. The summed E-state index contributed by atoms with van der Waals surface area (Å²) in [6.45, 7) is 9.15. The summed E-state index contributed by atoms with van der Waals surface area (Å²) in [4.78, 5) is 12.3. The predicted octanol–water partition coefficient (Wildman–Crippen LogP) is 5.13. The number of rotatable bonds is 7. The number of carbonyl (C=O) groups excluding carboxylic acids is 1. The second-order valence-corrected chi connectivity index (χ2v) is 7.92. The minimum atomic E-state index is -0.0483. The first-order valence-electron chi connectivity index (χ1n) is 9.51. The molecule has 0 bridgehead atoms. The molecule has 0 radical (unpaired) electrons. The van der Waals surface area contributed by atoms with Crippen molar-refractivity contribution in [2.75, 3.05) is 11.1 Å². The third-order valence-corrected chi connectivity index (χ3v) is 5.59. The van der Waals surface area contributed by atoms with E-state index < -0.39 is 0 Å². The molecule has 0 aliphatic heterocycles. The highest BCUT2D eigenvalue weighted by atomic mass is 32.2. The van der Waals surface area contributed by atoms with Crippen molar-refractivity contribution in [2.45, 2.75) is 45.3 Å². The summed E-state index contributed by atoms with van der Waals surface area (Å²) in [5, 5.41) is 12.4. The standard InChI is InChI=1S/C22H26N4OS/c1-5-26-21(18-12-10-17(11-13-18)15(2)3)24-25-22(26)28-14-20(27)23-19-9-7-6-8-16(19)4/h6-13,15H,5,14H2,1-4H3,(H,23,27). The summed E-state index contributed by atoms with van der Waals surface area (Å²) in [6, 6.07) is 16.2. The maximum Gasteiger partial charge on any atom is 0.234 e. The molecule has 2 aromatic carbocycles. The number of nitrogens with one attached hydrogen (secondary N) is 1. The number of para-hydroxylation sites is 1. The smallest absolute Gasteiger partial charge is 0.234 e. The quantitative estimate of drug-likeness (QED) is 0.565. The molecule has 0 spiro atoms. The van der Waals surface area contributed by atoms with Gasteiger partial charge in [-0.1, -0.05) is 68.1 Å². The van der Waals surface area contributed by atoms with Crippen LogP contribution in [0.5, 0.6) is 0 Å². The Labute approximate surface area is 170 Å². The Bertz CT molecular complexity index is 947. The van der Waals surface area contributed by atoms with Gasteiger partial charge in [0, 0.05) is 17.8 Å². The number of hydrogen-bond donors (Lipinski definition) is 1. The first kappa shape index (κ1) is 20.1. The first-order valence-corrected chi connectivity index (χ1v) is 10.5. The average Bonchev–Trinajstić information content (AvgIpc) is 3.11. The van der Waals surface area contributed by atoms with Crippen molar-refractivity contribution < 1.29 is 4.79 Å². The van der Waals surface area contributed by atoms with Gasteiger partial charge < -0.3 is 9.88 Å². The third-order valence-electron chi connectivity index (χ3n) is 4.62. The van der Waals surface area contributed by atoms with Crippen LogP contribution in [-0.4, -0.2) is 26.4 Å². The molecule has 3 rings (SSSR count). The summed E-state index contributed by atoms with van der Waals surface area (Å²) < 4.78 is 2.05. The van der Waals surface area contributed by atoms with Crippen LogP contribution in [0.25, 0.3) is 11.4 Å². The number of carbonyl (C=O) groups is 1. The van der Waals surface area contributed by atoms with Crippen LogP contribution in [0, 0.1) is 6.92 Å². The highest BCUT2D eigenvalue weighted by molar-refractivity contribution is 7.99. The summed E-state index contributed by atoms with van der Waals surface area (Å²) in [5.41, 5.74) is 4.23. The number of benzene rings is 2. The van der Waals surface area contributed by atoms with Crippen LogP contribution in [0.15, 0.2) is 53.7 Å². The van der Waals surface area contributed by atoms with Crippen molar-refractivity contribution in [3.63, 3.8) is 0 Å². The van der Waals surface area contributed by atoms with E-state index in [1.54, 1.807) is 0 Å². The van der Waals surface area contributed by atoms with Crippen LogP contribution < -0.4 is 5.32 Å². The Morgan fingerprint density at radius 2 is 1.82 bits per heavy atom. The monoisotopic (exact) mass is 394 g/mol. The van der Waals surface area contributed by atoms with E-state index in [0.29, 0.717) is 11.7 Å². The SMILES string of the molecule is CCn1c(SCC(=O)Nc2ccccc2C)nnc1-c1ccc(C(C)C)cc1. The maximum absolute atomic E-state index is 12.3. The number of thioether (sulfide) groups is 1. The van der Waals surface area contributed by atoms with Gasteiger partial charge in [0.05, 0.1) is 5.75 Å². The van der Waals surface area contributed by atoms with Gasteiger partial charge >= 0.3 is 0 Å². The summed E-state index contributed by atoms with van der Waals surface area (Å²) in [7, 11) is 0. The highest BCUT2D eigenvalue weighted by Crippen LogP contribution is 2.26. The molecular weight excluding hydrogens is 368 g/mol. The molecule has 5 nitrogen and oxygen atoms in total. The Hall–Kier alpha value is -2.60. The molecule has 0 saturated carbocycles. The van der Waals surface area contributed by atoms with Crippen molar-refractivity contribution in [2.24, 2.45) is 0 Å². The fourth-order valence-electron chi connectivity index (χ4n) is 2.94. The van der Waals surface area contributed by atoms with E-state index >= 15 is 0 Å². The Kier molecular flexibility index (Phi) is 6.52. The molecule has 6 heteroatoms. The predicted molar refractivity (Wildman–Crippen MR) is 116 cm³/mol. The fourth-order valence-corrected chi connectivity index (χ4v) is 3.74. The first-order chi connectivity index (χ1) is 13.5. The number of amides is 1. The van der Waals surface area contributed by atoms with Gasteiger partial charge in [-0.15, -0.1) is 10.2 Å². The molecule has 1 amide bonds. The summed E-state index contributed by atoms with van der Waals surface area (Å²) in [6.07, 6.45) is 0. The molecule has 0 aliphatic rings. The molecule has 3 aromatic rings. The molecule has 28 heavy (non-hydrogen) atoms. The van der Waals surface area contributed by atoms with Gasteiger partial charge in [-0.3, -0.25) is 4.79 Å². The topological polar surface area (TPSA) is 59.8 Å². The van der Waals surface area contributed by atoms with E-state index in [1.165, 1.54) is 17.3 Å². The molecule has 0 atom stereocenters. The van der Waals surface area contributed by atoms with Crippen molar-refractivity contribution in [3.05, 3.63) is 59.7 Å². The van der Waals surface area contributed by atoms with Crippen molar-refractivity contribution in [1.82, 2.24) is 14.8 Å². The summed E-state index contributed by atoms with van der Waals surface area (Å²) in [5.74, 6) is 1.57. The molecule has 1 N–H and O–H groups in total. The van der Waals surface area contributed by atoms with Crippen LogP contribution >= 0.6 is 11.8 Å². The Morgan fingerprint density at radius 3 is 2.46 bits per heavy atom. The lowest BCUT2D eigenvalue weighted by Gasteiger charge is -2.10. The van der Waals surface area contributed by atoms with E-state index in [-0.39, 0.29) is 5.91 Å². The van der Waals surface area contributed by atoms with Crippen LogP contribution in [0.2, 0.25) is 0 Å². The lowest BCUT2D eigenvalue weighted by molar-refractivity contribution is -0.113. The number of aryl methyl sites for hydroxylation is 1. The van der Waals surface area contributed by atoms with Gasteiger partial charge in [0.2, 0.25) is 5.91 Å². The van der Waals surface area contributed by atoms with Crippen molar-refractivity contribution in [1.29, 1.82) is 0 Å². The number of anilines is 1. The maximum atomic E-state index is 12.3. The zero-order valence-corrected chi connectivity index (χ0v) is 17.6. The van der Waals surface area contributed by atoms with Gasteiger partial charge in [-0.05, 0) is 37.0 Å². The van der Waals surface area contributed by atoms with E-state index in [1.807, 2.05) is 31.2 Å². The zero-order valence-electron chi connectivity index (χ0n) is 16.8.